The highest BCUT2D eigenvalue weighted by molar-refractivity contribution is 7.15. The summed E-state index contributed by atoms with van der Waals surface area (Å²) in [6.07, 6.45) is 1.37. The lowest BCUT2D eigenvalue weighted by Gasteiger charge is -2.23. The molecule has 0 bridgehead atoms. The molecule has 0 N–H and O–H groups in total. The van der Waals surface area contributed by atoms with E-state index in [4.69, 9.17) is 16.3 Å². The summed E-state index contributed by atoms with van der Waals surface area (Å²) in [5.41, 5.74) is 0.939. The van der Waals surface area contributed by atoms with Crippen molar-refractivity contribution < 1.29 is 9.53 Å². The molecule has 3 rings (SSSR count). The third kappa shape index (κ3) is 2.25. The molecule has 0 saturated carbocycles. The third-order valence-corrected chi connectivity index (χ3v) is 4.96. The minimum Gasteiger partial charge on any atom is -0.469 e. The van der Waals surface area contributed by atoms with E-state index >= 15 is 0 Å². The van der Waals surface area contributed by atoms with Crippen molar-refractivity contribution in [3.63, 3.8) is 0 Å². The fourth-order valence-electron chi connectivity index (χ4n) is 2.62. The number of halogens is 1. The van der Waals surface area contributed by atoms with Gasteiger partial charge in [-0.1, -0.05) is 11.6 Å². The van der Waals surface area contributed by atoms with Crippen LogP contribution in [0.25, 0.3) is 10.7 Å². The van der Waals surface area contributed by atoms with Crippen molar-refractivity contribution in [3.8, 4) is 10.7 Å². The van der Waals surface area contributed by atoms with Crippen molar-refractivity contribution in [1.29, 1.82) is 0 Å². The number of methoxy groups -OCH3 is 1. The summed E-state index contributed by atoms with van der Waals surface area (Å²) in [7, 11) is 1.43. The highest BCUT2D eigenvalue weighted by Gasteiger charge is 2.30. The number of nitrogens with zero attached hydrogens (tertiary/aromatic N) is 2. The molecular formula is C14H15ClN2O2S. The highest BCUT2D eigenvalue weighted by Crippen LogP contribution is 2.35. The average Bonchev–Trinajstić information content (AvgIpc) is 3.02. The number of imidazole rings is 1. The smallest absolute Gasteiger partial charge is 0.309 e. The monoisotopic (exact) mass is 310 g/mol. The first-order valence-corrected chi connectivity index (χ1v) is 7.69. The summed E-state index contributed by atoms with van der Waals surface area (Å²) in [6.45, 7) is 2.82. The highest BCUT2D eigenvalue weighted by atomic mass is 35.5. The van der Waals surface area contributed by atoms with Gasteiger partial charge in [-0.15, -0.1) is 11.3 Å². The van der Waals surface area contributed by atoms with Crippen molar-refractivity contribution in [2.24, 2.45) is 5.92 Å². The lowest BCUT2D eigenvalue weighted by atomic mass is 9.96. The maximum atomic E-state index is 11.7. The van der Waals surface area contributed by atoms with Gasteiger partial charge in [0.1, 0.15) is 0 Å². The molecule has 0 spiro atoms. The zero-order chi connectivity index (χ0) is 14.3. The molecule has 0 aromatic carbocycles. The van der Waals surface area contributed by atoms with Gasteiger partial charge in [0.2, 0.25) is 0 Å². The molecule has 0 aliphatic carbocycles. The van der Waals surface area contributed by atoms with Crippen LogP contribution in [0.4, 0.5) is 0 Å². The van der Waals surface area contributed by atoms with Gasteiger partial charge in [0, 0.05) is 17.8 Å². The Balaban J connectivity index is 1.97. The largest absolute Gasteiger partial charge is 0.469 e. The predicted molar refractivity (Wildman–Crippen MR) is 79.1 cm³/mol. The molecule has 2 aromatic rings. The van der Waals surface area contributed by atoms with E-state index < -0.39 is 0 Å². The van der Waals surface area contributed by atoms with Gasteiger partial charge in [-0.25, -0.2) is 4.98 Å². The lowest BCUT2D eigenvalue weighted by Crippen LogP contribution is -2.26. The first-order chi connectivity index (χ1) is 9.60. The molecular weight excluding hydrogens is 296 g/mol. The van der Waals surface area contributed by atoms with E-state index in [9.17, 15) is 4.79 Å². The van der Waals surface area contributed by atoms with Crippen molar-refractivity contribution in [1.82, 2.24) is 9.55 Å². The molecule has 0 radical (unpaired) electrons. The SMILES string of the molecule is COC(=O)C1CCn2c(-c3ccc(C)s3)nc(Cl)c2C1. The van der Waals surface area contributed by atoms with Gasteiger partial charge in [0.15, 0.2) is 11.0 Å². The summed E-state index contributed by atoms with van der Waals surface area (Å²) >= 11 is 7.96. The normalized spacial score (nSPS) is 17.9. The van der Waals surface area contributed by atoms with E-state index in [1.54, 1.807) is 11.3 Å². The number of aryl methyl sites for hydroxylation is 1. The van der Waals surface area contributed by atoms with E-state index in [0.717, 1.165) is 29.4 Å². The molecule has 0 saturated heterocycles. The van der Waals surface area contributed by atoms with Crippen LogP contribution in [0.1, 0.15) is 17.0 Å². The number of carbonyl (C=O) groups is 1. The zero-order valence-electron chi connectivity index (χ0n) is 11.4. The quantitative estimate of drug-likeness (QED) is 0.799. The number of ether oxygens (including phenoxy) is 1. The summed E-state index contributed by atoms with van der Waals surface area (Å²) in [5.74, 6) is 0.632. The summed E-state index contributed by atoms with van der Waals surface area (Å²) in [6, 6.07) is 4.15. The fourth-order valence-corrected chi connectivity index (χ4v) is 3.75. The Labute approximate surface area is 126 Å². The van der Waals surface area contributed by atoms with Crippen molar-refractivity contribution >= 4 is 28.9 Å². The maximum absolute atomic E-state index is 11.7. The predicted octanol–water partition coefficient (Wildman–Crippen LogP) is 3.31. The average molecular weight is 311 g/mol. The van der Waals surface area contributed by atoms with Crippen molar-refractivity contribution in [2.45, 2.75) is 26.3 Å². The van der Waals surface area contributed by atoms with E-state index in [2.05, 4.69) is 28.6 Å². The van der Waals surface area contributed by atoms with Crippen molar-refractivity contribution in [2.75, 3.05) is 7.11 Å². The fraction of sp³-hybridized carbons (Fsp3) is 0.429. The van der Waals surface area contributed by atoms with Crippen LogP contribution in [0.5, 0.6) is 0 Å². The van der Waals surface area contributed by atoms with Gasteiger partial charge >= 0.3 is 5.97 Å². The van der Waals surface area contributed by atoms with Gasteiger partial charge in [0.05, 0.1) is 23.6 Å². The van der Waals surface area contributed by atoms with E-state index in [1.807, 2.05) is 0 Å². The van der Waals surface area contributed by atoms with Gasteiger partial charge in [-0.05, 0) is 25.5 Å². The molecule has 106 valence electrons. The molecule has 20 heavy (non-hydrogen) atoms. The topological polar surface area (TPSA) is 44.1 Å². The first kappa shape index (κ1) is 13.6. The Morgan fingerprint density at radius 2 is 2.35 bits per heavy atom. The van der Waals surface area contributed by atoms with Crippen LogP contribution < -0.4 is 0 Å². The Kier molecular flexibility index (Phi) is 3.56. The Bertz CT molecular complexity index is 662. The first-order valence-electron chi connectivity index (χ1n) is 6.49. The number of hydrogen-bond acceptors (Lipinski definition) is 4. The number of thiophene rings is 1. The second-order valence-electron chi connectivity index (χ2n) is 4.95. The molecule has 4 nitrogen and oxygen atoms in total. The molecule has 3 heterocycles. The Hall–Kier alpha value is -1.33. The minimum atomic E-state index is -0.165. The minimum absolute atomic E-state index is 0.111. The molecule has 1 aliphatic heterocycles. The second-order valence-corrected chi connectivity index (χ2v) is 6.59. The summed E-state index contributed by atoms with van der Waals surface area (Å²) < 4.78 is 6.96. The van der Waals surface area contributed by atoms with Crippen LogP contribution >= 0.6 is 22.9 Å². The zero-order valence-corrected chi connectivity index (χ0v) is 12.9. The lowest BCUT2D eigenvalue weighted by molar-refractivity contribution is -0.146. The molecule has 1 unspecified atom stereocenters. The van der Waals surface area contributed by atoms with E-state index in [0.29, 0.717) is 11.6 Å². The van der Waals surface area contributed by atoms with Crippen LogP contribution in [-0.4, -0.2) is 22.6 Å². The number of carbonyl (C=O) groups excluding carboxylic acids is 1. The summed E-state index contributed by atoms with van der Waals surface area (Å²) in [4.78, 5) is 18.5. The summed E-state index contributed by atoms with van der Waals surface area (Å²) in [5, 5.41) is 0.500. The van der Waals surface area contributed by atoms with Gasteiger partial charge < -0.3 is 9.30 Å². The van der Waals surface area contributed by atoms with Crippen LogP contribution in [-0.2, 0) is 22.5 Å². The molecule has 0 amide bonds. The van der Waals surface area contributed by atoms with E-state index in [1.165, 1.54) is 12.0 Å². The number of hydrogen-bond donors (Lipinski definition) is 0. The molecule has 0 fully saturated rings. The maximum Gasteiger partial charge on any atom is 0.309 e. The Morgan fingerprint density at radius 3 is 3.00 bits per heavy atom. The molecule has 6 heteroatoms. The molecule has 1 aliphatic rings. The number of esters is 1. The number of aromatic nitrogens is 2. The van der Waals surface area contributed by atoms with Crippen molar-refractivity contribution in [3.05, 3.63) is 27.9 Å². The standard InChI is InChI=1S/C14H15ClN2O2S/c1-8-3-4-11(20-8)13-16-12(15)10-7-9(14(18)19-2)5-6-17(10)13/h3-4,9H,5-7H2,1-2H3. The second kappa shape index (κ2) is 5.22. The number of fused-ring (bicyclic) bond motifs is 1. The van der Waals surface area contributed by atoms with Gasteiger partial charge in [-0.2, -0.15) is 0 Å². The van der Waals surface area contributed by atoms with Gasteiger partial charge in [-0.3, -0.25) is 4.79 Å². The molecule has 1 atom stereocenters. The third-order valence-electron chi connectivity index (χ3n) is 3.66. The van der Waals surface area contributed by atoms with E-state index in [-0.39, 0.29) is 11.9 Å². The Morgan fingerprint density at radius 1 is 1.55 bits per heavy atom. The van der Waals surface area contributed by atoms with Gasteiger partial charge in [0.25, 0.3) is 0 Å². The molecule has 2 aromatic heterocycles. The van der Waals surface area contributed by atoms with Crippen LogP contribution in [0.15, 0.2) is 12.1 Å². The van der Waals surface area contributed by atoms with Crippen LogP contribution in [0.2, 0.25) is 5.15 Å². The number of rotatable bonds is 2. The van der Waals surface area contributed by atoms with Crippen LogP contribution in [0.3, 0.4) is 0 Å². The van der Waals surface area contributed by atoms with Crippen LogP contribution in [0, 0.1) is 12.8 Å².